The van der Waals surface area contributed by atoms with Crippen LogP contribution in [-0.4, -0.2) is 55.4 Å². The van der Waals surface area contributed by atoms with E-state index >= 15 is 0 Å². The average Bonchev–Trinajstić information content (AvgIpc) is 3.05. The summed E-state index contributed by atoms with van der Waals surface area (Å²) in [6.45, 7) is 5.58. The van der Waals surface area contributed by atoms with E-state index in [-0.39, 0.29) is 5.91 Å². The normalized spacial score (nSPS) is 15.5. The first kappa shape index (κ1) is 14.2. The van der Waals surface area contributed by atoms with Gasteiger partial charge in [0.15, 0.2) is 0 Å². The quantitative estimate of drug-likeness (QED) is 0.915. The van der Waals surface area contributed by atoms with Gasteiger partial charge in [0, 0.05) is 42.9 Å². The molecule has 1 fully saturated rings. The van der Waals surface area contributed by atoms with Crippen molar-refractivity contribution >= 4 is 17.7 Å². The second-order valence-corrected chi connectivity index (χ2v) is 6.47. The van der Waals surface area contributed by atoms with E-state index in [2.05, 4.69) is 15.3 Å². The lowest BCUT2D eigenvalue weighted by molar-refractivity contribution is 0.0766. The predicted molar refractivity (Wildman–Crippen MR) is 83.5 cm³/mol. The Bertz CT molecular complexity index is 669. The first-order chi connectivity index (χ1) is 10.1. The van der Waals surface area contributed by atoms with E-state index in [4.69, 9.17) is 0 Å². The molecule has 1 amide bonds. The summed E-state index contributed by atoms with van der Waals surface area (Å²) in [6, 6.07) is 1.83. The lowest BCUT2D eigenvalue weighted by Gasteiger charge is -2.25. The third-order valence-corrected chi connectivity index (χ3v) is 4.81. The number of nitrogens with one attached hydrogen (secondary N) is 1. The van der Waals surface area contributed by atoms with Crippen LogP contribution < -0.4 is 0 Å². The number of rotatable bonds is 2. The third-order valence-electron chi connectivity index (χ3n) is 3.87. The molecule has 2 aromatic rings. The van der Waals surface area contributed by atoms with Crippen LogP contribution in [-0.2, 0) is 7.05 Å². The van der Waals surface area contributed by atoms with Crippen molar-refractivity contribution in [1.29, 1.82) is 0 Å². The van der Waals surface area contributed by atoms with Gasteiger partial charge in [0.1, 0.15) is 5.69 Å². The number of thioether (sulfide) groups is 1. The van der Waals surface area contributed by atoms with Crippen LogP contribution in [0.1, 0.15) is 21.9 Å². The number of H-pyrrole nitrogens is 1. The second kappa shape index (κ2) is 5.55. The molecule has 7 heteroatoms. The van der Waals surface area contributed by atoms with Gasteiger partial charge in [0.05, 0.1) is 11.4 Å². The molecule has 0 saturated carbocycles. The molecule has 1 saturated heterocycles. The fraction of sp³-hybridized carbons (Fsp3) is 0.500. The molecule has 6 nitrogen and oxygen atoms in total. The molecule has 0 radical (unpaired) electrons. The van der Waals surface area contributed by atoms with Gasteiger partial charge in [-0.25, -0.2) is 0 Å². The van der Waals surface area contributed by atoms with E-state index < -0.39 is 0 Å². The predicted octanol–water partition coefficient (Wildman–Crippen LogP) is 1.62. The van der Waals surface area contributed by atoms with Crippen LogP contribution in [0, 0.1) is 13.8 Å². The molecule has 1 aliphatic rings. The van der Waals surface area contributed by atoms with Gasteiger partial charge in [-0.3, -0.25) is 14.6 Å². The highest BCUT2D eigenvalue weighted by Gasteiger charge is 2.22. The Balaban J connectivity index is 1.87. The zero-order valence-electron chi connectivity index (χ0n) is 12.5. The van der Waals surface area contributed by atoms with Crippen LogP contribution in [0.15, 0.2) is 6.07 Å². The minimum atomic E-state index is 0.0354. The van der Waals surface area contributed by atoms with Gasteiger partial charge in [-0.05, 0) is 19.9 Å². The number of carbonyl (C=O) groups excluding carboxylic acids is 1. The molecule has 1 N–H and O–H groups in total. The van der Waals surface area contributed by atoms with Gasteiger partial charge in [0.25, 0.3) is 5.91 Å². The average molecular weight is 305 g/mol. The number of aromatic nitrogens is 4. The molecular weight excluding hydrogens is 286 g/mol. The lowest BCUT2D eigenvalue weighted by atomic mass is 10.1. The Morgan fingerprint density at radius 2 is 2.05 bits per heavy atom. The summed E-state index contributed by atoms with van der Waals surface area (Å²) in [7, 11) is 1.91. The summed E-state index contributed by atoms with van der Waals surface area (Å²) >= 11 is 1.89. The summed E-state index contributed by atoms with van der Waals surface area (Å²) in [5, 5.41) is 11.6. The van der Waals surface area contributed by atoms with Gasteiger partial charge >= 0.3 is 0 Å². The van der Waals surface area contributed by atoms with Gasteiger partial charge in [0.2, 0.25) is 0 Å². The Morgan fingerprint density at radius 1 is 1.33 bits per heavy atom. The molecule has 0 spiro atoms. The molecule has 0 aliphatic carbocycles. The van der Waals surface area contributed by atoms with E-state index in [1.807, 2.05) is 48.3 Å². The van der Waals surface area contributed by atoms with E-state index in [9.17, 15) is 4.79 Å². The molecule has 0 unspecified atom stereocenters. The molecule has 2 aromatic heterocycles. The number of aryl methyl sites for hydroxylation is 2. The minimum Gasteiger partial charge on any atom is -0.336 e. The molecule has 3 rings (SSSR count). The van der Waals surface area contributed by atoms with Crippen LogP contribution in [0.25, 0.3) is 11.3 Å². The van der Waals surface area contributed by atoms with Crippen molar-refractivity contribution in [3.05, 3.63) is 23.1 Å². The number of hydrogen-bond donors (Lipinski definition) is 1. The molecule has 21 heavy (non-hydrogen) atoms. The molecule has 0 atom stereocenters. The third kappa shape index (κ3) is 2.57. The van der Waals surface area contributed by atoms with Crippen LogP contribution in [0.2, 0.25) is 0 Å². The maximum atomic E-state index is 12.4. The fourth-order valence-electron chi connectivity index (χ4n) is 2.64. The Kier molecular flexibility index (Phi) is 3.75. The van der Waals surface area contributed by atoms with Crippen molar-refractivity contribution < 1.29 is 4.79 Å². The van der Waals surface area contributed by atoms with Crippen LogP contribution in [0.3, 0.4) is 0 Å². The fourth-order valence-corrected chi connectivity index (χ4v) is 3.54. The smallest absolute Gasteiger partial charge is 0.271 e. The van der Waals surface area contributed by atoms with E-state index in [0.717, 1.165) is 47.2 Å². The van der Waals surface area contributed by atoms with Crippen LogP contribution in [0.4, 0.5) is 0 Å². The topological polar surface area (TPSA) is 66.8 Å². The highest BCUT2D eigenvalue weighted by molar-refractivity contribution is 7.99. The maximum absolute atomic E-state index is 12.4. The van der Waals surface area contributed by atoms with Gasteiger partial charge in [-0.15, -0.1) is 0 Å². The van der Waals surface area contributed by atoms with Crippen molar-refractivity contribution in [3.63, 3.8) is 0 Å². The second-order valence-electron chi connectivity index (χ2n) is 5.24. The highest BCUT2D eigenvalue weighted by Crippen LogP contribution is 2.25. The zero-order chi connectivity index (χ0) is 15.0. The molecular formula is C14H19N5OS. The van der Waals surface area contributed by atoms with Crippen LogP contribution >= 0.6 is 11.8 Å². The Labute approximate surface area is 127 Å². The summed E-state index contributed by atoms with van der Waals surface area (Å²) in [6.07, 6.45) is 0. The summed E-state index contributed by atoms with van der Waals surface area (Å²) < 4.78 is 1.84. The standard InChI is InChI=1S/C14H19N5OS/c1-9-13(10(2)18(3)17-9)11-8-12(16-15-11)14(20)19-4-6-21-7-5-19/h8H,4-7H2,1-3H3,(H,15,16). The zero-order valence-corrected chi connectivity index (χ0v) is 13.3. The number of carbonyl (C=O) groups is 1. The largest absolute Gasteiger partial charge is 0.336 e. The van der Waals surface area contributed by atoms with Crippen molar-refractivity contribution in [2.24, 2.45) is 7.05 Å². The minimum absolute atomic E-state index is 0.0354. The van der Waals surface area contributed by atoms with Crippen LogP contribution in [0.5, 0.6) is 0 Å². The number of amides is 1. The first-order valence-corrected chi connectivity index (χ1v) is 8.16. The molecule has 112 valence electrons. The molecule has 1 aliphatic heterocycles. The van der Waals surface area contributed by atoms with Gasteiger partial charge in [-0.1, -0.05) is 0 Å². The molecule has 0 aromatic carbocycles. The molecule has 0 bridgehead atoms. The van der Waals surface area contributed by atoms with E-state index in [0.29, 0.717) is 5.69 Å². The summed E-state index contributed by atoms with van der Waals surface area (Å²) in [4.78, 5) is 14.3. The van der Waals surface area contributed by atoms with Crippen molar-refractivity contribution in [3.8, 4) is 11.3 Å². The summed E-state index contributed by atoms with van der Waals surface area (Å²) in [5.74, 6) is 2.05. The Hall–Kier alpha value is -1.76. The monoisotopic (exact) mass is 305 g/mol. The highest BCUT2D eigenvalue weighted by atomic mass is 32.2. The lowest BCUT2D eigenvalue weighted by Crippen LogP contribution is -2.38. The number of hydrogen-bond acceptors (Lipinski definition) is 4. The van der Waals surface area contributed by atoms with E-state index in [1.54, 1.807) is 0 Å². The van der Waals surface area contributed by atoms with Crippen molar-refractivity contribution in [1.82, 2.24) is 24.9 Å². The number of nitrogens with zero attached hydrogens (tertiary/aromatic N) is 4. The van der Waals surface area contributed by atoms with Crippen molar-refractivity contribution in [2.75, 3.05) is 24.6 Å². The van der Waals surface area contributed by atoms with Gasteiger partial charge < -0.3 is 4.90 Å². The Morgan fingerprint density at radius 3 is 2.67 bits per heavy atom. The first-order valence-electron chi connectivity index (χ1n) is 7.01. The maximum Gasteiger partial charge on any atom is 0.271 e. The molecule has 3 heterocycles. The summed E-state index contributed by atoms with van der Waals surface area (Å²) in [5.41, 5.74) is 4.32. The van der Waals surface area contributed by atoms with Crippen molar-refractivity contribution in [2.45, 2.75) is 13.8 Å². The number of aromatic amines is 1. The van der Waals surface area contributed by atoms with Gasteiger partial charge in [-0.2, -0.15) is 22.0 Å². The SMILES string of the molecule is Cc1nn(C)c(C)c1-c1cc(C(=O)N2CCSCC2)[nH]n1. The van der Waals surface area contributed by atoms with E-state index in [1.165, 1.54) is 0 Å².